The van der Waals surface area contributed by atoms with Crippen LogP contribution < -0.4 is 24.8 Å². The van der Waals surface area contributed by atoms with Crippen molar-refractivity contribution >= 4 is 45.5 Å². The minimum Gasteiger partial charge on any atom is -1.00 e. The predicted molar refractivity (Wildman–Crippen MR) is 24.3 cm³/mol. The van der Waals surface area contributed by atoms with Crippen molar-refractivity contribution in [2.24, 2.45) is 0 Å². The molecule has 0 fully saturated rings. The van der Waals surface area contributed by atoms with E-state index in [1.165, 1.54) is 0 Å². The Balaban J connectivity index is -0.0000000833. The summed E-state index contributed by atoms with van der Waals surface area (Å²) in [6, 6.07) is 0. The third kappa shape index (κ3) is 7.27. The monoisotopic (exact) mass is 226 g/mol. The fraction of sp³-hybridized carbons (Fsp3) is 0. The average molecular weight is 227 g/mol. The number of imidazole rings is 1. The maximum absolute atomic E-state index is 3.67. The molecular formula is C3H4Cl2N2Sr. The third-order valence-electron chi connectivity index (χ3n) is 0.406. The first-order valence-corrected chi connectivity index (χ1v) is 1.43. The molecular weight excluding hydrogens is 223 g/mol. The number of hydrogen-bond donors (Lipinski definition) is 1. The Kier molecular flexibility index (Phi) is 22.4. The molecule has 0 bridgehead atoms. The van der Waals surface area contributed by atoms with E-state index in [1.54, 1.807) is 18.7 Å². The van der Waals surface area contributed by atoms with E-state index < -0.39 is 0 Å². The average Bonchev–Trinajstić information content (AvgIpc) is 1.76. The van der Waals surface area contributed by atoms with Gasteiger partial charge < -0.3 is 29.8 Å². The SMILES string of the molecule is [Cl-].[Cl-].[Sr+2].c1c[nH]cn1. The maximum Gasteiger partial charge on any atom is 2.00 e. The zero-order chi connectivity index (χ0) is 3.54. The van der Waals surface area contributed by atoms with Crippen molar-refractivity contribution in [2.75, 3.05) is 0 Å². The van der Waals surface area contributed by atoms with Crippen LogP contribution in [0.1, 0.15) is 0 Å². The second-order valence-corrected chi connectivity index (χ2v) is 0.761. The Morgan fingerprint density at radius 1 is 1.25 bits per heavy atom. The van der Waals surface area contributed by atoms with Crippen molar-refractivity contribution in [3.8, 4) is 0 Å². The minimum atomic E-state index is 0. The van der Waals surface area contributed by atoms with Gasteiger partial charge in [-0.25, -0.2) is 4.98 Å². The standard InChI is InChI=1S/C3H4N2.2ClH.Sr/c1-2-5-3-4-1;;;/h1-3H,(H,4,5);2*1H;/q;;;+2/p-2. The molecule has 0 aromatic carbocycles. The smallest absolute Gasteiger partial charge is 1.00 e. The summed E-state index contributed by atoms with van der Waals surface area (Å²) in [6.07, 6.45) is 5.08. The molecule has 8 heavy (non-hydrogen) atoms. The van der Waals surface area contributed by atoms with Crippen LogP contribution in [0.3, 0.4) is 0 Å². The first kappa shape index (κ1) is 16.1. The van der Waals surface area contributed by atoms with Crippen molar-refractivity contribution in [1.82, 2.24) is 9.97 Å². The van der Waals surface area contributed by atoms with Crippen LogP contribution in [-0.2, 0) is 0 Å². The second kappa shape index (κ2) is 11.1. The van der Waals surface area contributed by atoms with Gasteiger partial charge in [-0.2, -0.15) is 0 Å². The summed E-state index contributed by atoms with van der Waals surface area (Å²) in [5.41, 5.74) is 0. The molecule has 0 atom stereocenters. The van der Waals surface area contributed by atoms with E-state index >= 15 is 0 Å². The van der Waals surface area contributed by atoms with Crippen LogP contribution in [0.4, 0.5) is 0 Å². The van der Waals surface area contributed by atoms with Gasteiger partial charge in [-0.1, -0.05) is 0 Å². The molecule has 0 radical (unpaired) electrons. The zero-order valence-corrected chi connectivity index (χ0v) is 9.13. The van der Waals surface area contributed by atoms with Crippen molar-refractivity contribution in [3.05, 3.63) is 18.7 Å². The van der Waals surface area contributed by atoms with Crippen LogP contribution in [0.5, 0.6) is 0 Å². The molecule has 42 valence electrons. The summed E-state index contributed by atoms with van der Waals surface area (Å²) < 4.78 is 0. The summed E-state index contributed by atoms with van der Waals surface area (Å²) in [7, 11) is 0. The fourth-order valence-electron chi connectivity index (χ4n) is 0.215. The van der Waals surface area contributed by atoms with Crippen molar-refractivity contribution in [2.45, 2.75) is 0 Å². The number of aromatic amines is 1. The van der Waals surface area contributed by atoms with Gasteiger partial charge in [0, 0.05) is 12.4 Å². The molecule has 2 nitrogen and oxygen atoms in total. The van der Waals surface area contributed by atoms with Gasteiger partial charge in [-0.05, 0) is 0 Å². The number of H-pyrrole nitrogens is 1. The van der Waals surface area contributed by atoms with E-state index in [0.717, 1.165) is 0 Å². The number of hydrogen-bond acceptors (Lipinski definition) is 1. The van der Waals surface area contributed by atoms with Gasteiger partial charge in [0.2, 0.25) is 0 Å². The Labute approximate surface area is 97.6 Å². The Morgan fingerprint density at radius 2 is 1.88 bits per heavy atom. The fourth-order valence-corrected chi connectivity index (χ4v) is 0.215. The number of nitrogens with zero attached hydrogens (tertiary/aromatic N) is 1. The van der Waals surface area contributed by atoms with Crippen molar-refractivity contribution < 1.29 is 24.8 Å². The summed E-state index contributed by atoms with van der Waals surface area (Å²) in [5, 5.41) is 0. The molecule has 1 heterocycles. The number of rotatable bonds is 0. The summed E-state index contributed by atoms with van der Waals surface area (Å²) in [5.74, 6) is 0. The summed E-state index contributed by atoms with van der Waals surface area (Å²) in [6.45, 7) is 0. The van der Waals surface area contributed by atoms with E-state index in [1.807, 2.05) is 0 Å². The molecule has 0 aliphatic carbocycles. The van der Waals surface area contributed by atoms with Gasteiger partial charge in [0.05, 0.1) is 6.33 Å². The molecule has 0 unspecified atom stereocenters. The van der Waals surface area contributed by atoms with Gasteiger partial charge in [0.15, 0.2) is 0 Å². The molecule has 1 rings (SSSR count). The number of halogens is 2. The van der Waals surface area contributed by atoms with E-state index in [-0.39, 0.29) is 70.3 Å². The van der Waals surface area contributed by atoms with Crippen molar-refractivity contribution in [3.63, 3.8) is 0 Å². The van der Waals surface area contributed by atoms with Gasteiger partial charge >= 0.3 is 45.5 Å². The minimum absolute atomic E-state index is 0. The summed E-state index contributed by atoms with van der Waals surface area (Å²) in [4.78, 5) is 6.42. The number of nitrogens with one attached hydrogen (secondary N) is 1. The quantitative estimate of drug-likeness (QED) is 0.439. The van der Waals surface area contributed by atoms with Crippen LogP contribution in [0.25, 0.3) is 0 Å². The van der Waals surface area contributed by atoms with Crippen LogP contribution >= 0.6 is 0 Å². The van der Waals surface area contributed by atoms with E-state index in [9.17, 15) is 0 Å². The normalized spacial score (nSPS) is 5.00. The molecule has 0 saturated carbocycles. The van der Waals surface area contributed by atoms with Gasteiger partial charge in [-0.15, -0.1) is 0 Å². The first-order chi connectivity index (χ1) is 2.50. The third-order valence-corrected chi connectivity index (χ3v) is 0.406. The van der Waals surface area contributed by atoms with Crippen LogP contribution in [0.2, 0.25) is 0 Å². The Bertz CT molecular complexity index is 71.8. The molecule has 1 aromatic rings. The molecule has 1 aromatic heterocycles. The molecule has 0 aliphatic heterocycles. The molecule has 0 spiro atoms. The maximum atomic E-state index is 3.67. The van der Waals surface area contributed by atoms with Gasteiger partial charge in [-0.3, -0.25) is 0 Å². The summed E-state index contributed by atoms with van der Waals surface area (Å²) >= 11 is 0. The van der Waals surface area contributed by atoms with Crippen LogP contribution in [0, 0.1) is 0 Å². The van der Waals surface area contributed by atoms with Crippen LogP contribution in [-0.4, -0.2) is 55.4 Å². The van der Waals surface area contributed by atoms with Gasteiger partial charge in [0.25, 0.3) is 0 Å². The van der Waals surface area contributed by atoms with E-state index in [0.29, 0.717) is 0 Å². The Morgan fingerprint density at radius 3 is 2.00 bits per heavy atom. The first-order valence-electron chi connectivity index (χ1n) is 1.43. The number of aromatic nitrogens is 2. The molecule has 0 amide bonds. The van der Waals surface area contributed by atoms with Crippen LogP contribution in [0.15, 0.2) is 18.7 Å². The molecule has 0 aliphatic rings. The Hall–Kier alpha value is 1.27. The molecule has 1 N–H and O–H groups in total. The predicted octanol–water partition coefficient (Wildman–Crippen LogP) is -5.96. The van der Waals surface area contributed by atoms with Crippen molar-refractivity contribution in [1.29, 1.82) is 0 Å². The topological polar surface area (TPSA) is 28.7 Å². The second-order valence-electron chi connectivity index (χ2n) is 0.761. The van der Waals surface area contributed by atoms with E-state index in [2.05, 4.69) is 9.97 Å². The van der Waals surface area contributed by atoms with Gasteiger partial charge in [0.1, 0.15) is 0 Å². The largest absolute Gasteiger partial charge is 2.00 e. The molecule has 5 heteroatoms. The van der Waals surface area contributed by atoms with E-state index in [4.69, 9.17) is 0 Å². The molecule has 0 saturated heterocycles. The zero-order valence-electron chi connectivity index (χ0n) is 4.14.